The van der Waals surface area contributed by atoms with E-state index in [-0.39, 0.29) is 0 Å². The number of rotatable bonds is 4. The lowest BCUT2D eigenvalue weighted by Gasteiger charge is -2.23. The summed E-state index contributed by atoms with van der Waals surface area (Å²) >= 11 is 0. The highest BCUT2D eigenvalue weighted by atomic mass is 19.4. The van der Waals surface area contributed by atoms with E-state index in [1.807, 2.05) is 0 Å². The van der Waals surface area contributed by atoms with Gasteiger partial charge in [0.15, 0.2) is 0 Å². The number of halogens is 3. The molecule has 0 aromatic heterocycles. The Kier molecular flexibility index (Phi) is 8.74. The molecular formula is C11H20F3NO3. The smallest absolute Gasteiger partial charge is 0.430 e. The minimum atomic E-state index is -5.19. The van der Waals surface area contributed by atoms with E-state index in [1.54, 1.807) is 12.0 Å². The lowest BCUT2D eigenvalue weighted by atomic mass is 10.1. The predicted molar refractivity (Wildman–Crippen MR) is 57.0 cm³/mol. The minimum absolute atomic E-state index is 0.934. The summed E-state index contributed by atoms with van der Waals surface area (Å²) in [5, 5.41) is 8.78. The van der Waals surface area contributed by atoms with Crippen molar-refractivity contribution >= 4 is 5.97 Å². The molecule has 18 heavy (non-hydrogen) atoms. The van der Waals surface area contributed by atoms with E-state index in [0.717, 1.165) is 6.61 Å². The average Bonchev–Trinajstić information content (AvgIpc) is 2.30. The van der Waals surface area contributed by atoms with E-state index in [4.69, 9.17) is 14.6 Å². The molecule has 1 aliphatic heterocycles. The summed E-state index contributed by atoms with van der Waals surface area (Å²) in [4.78, 5) is 10.6. The van der Waals surface area contributed by atoms with Crippen LogP contribution in [0.1, 0.15) is 25.7 Å². The van der Waals surface area contributed by atoms with Crippen molar-refractivity contribution in [3.05, 3.63) is 0 Å². The molecule has 7 heteroatoms. The van der Waals surface area contributed by atoms with Gasteiger partial charge in [-0.25, -0.2) is 0 Å². The van der Waals surface area contributed by atoms with Crippen molar-refractivity contribution in [2.24, 2.45) is 0 Å². The second kappa shape index (κ2) is 9.16. The summed E-state index contributed by atoms with van der Waals surface area (Å²) < 4.78 is 36.6. The molecule has 1 aliphatic rings. The Morgan fingerprint density at radius 2 is 1.78 bits per heavy atom. The molecule has 4 nitrogen and oxygen atoms in total. The van der Waals surface area contributed by atoms with Crippen molar-refractivity contribution in [2.75, 3.05) is 33.4 Å². The maximum atomic E-state index is 10.5. The van der Waals surface area contributed by atoms with Crippen LogP contribution in [0.25, 0.3) is 0 Å². The zero-order chi connectivity index (χ0) is 14.0. The quantitative estimate of drug-likeness (QED) is 0.694. The largest absolute Gasteiger partial charge is 0.542 e. The number of carboxylic acids is 1. The van der Waals surface area contributed by atoms with Crippen LogP contribution < -0.4 is 10.0 Å². The number of carbonyl (C=O) groups excluding carboxylic acids is 1. The fourth-order valence-electron chi connectivity index (χ4n) is 1.77. The lowest BCUT2D eigenvalue weighted by Crippen LogP contribution is -3.12. The van der Waals surface area contributed by atoms with Crippen molar-refractivity contribution in [2.45, 2.75) is 31.9 Å². The van der Waals surface area contributed by atoms with Crippen molar-refractivity contribution in [1.82, 2.24) is 0 Å². The van der Waals surface area contributed by atoms with Crippen LogP contribution in [0.5, 0.6) is 0 Å². The lowest BCUT2D eigenvalue weighted by molar-refractivity contribution is -0.905. The first-order valence-electron chi connectivity index (χ1n) is 5.98. The normalized spacial score (nSPS) is 16.9. The van der Waals surface area contributed by atoms with Crippen LogP contribution >= 0.6 is 0 Å². The van der Waals surface area contributed by atoms with Gasteiger partial charge in [0, 0.05) is 13.5 Å². The van der Waals surface area contributed by atoms with E-state index in [9.17, 15) is 13.2 Å². The number of ether oxygens (including phenoxy) is 1. The van der Waals surface area contributed by atoms with Crippen LogP contribution in [0.4, 0.5) is 13.2 Å². The van der Waals surface area contributed by atoms with Crippen LogP contribution in [-0.4, -0.2) is 45.5 Å². The zero-order valence-corrected chi connectivity index (χ0v) is 10.5. The van der Waals surface area contributed by atoms with Gasteiger partial charge in [-0.15, -0.1) is 0 Å². The molecule has 0 saturated carbocycles. The summed E-state index contributed by atoms with van der Waals surface area (Å²) in [5.74, 6) is -3.01. The third-order valence-corrected chi connectivity index (χ3v) is 2.67. The first kappa shape index (κ1) is 17.2. The van der Waals surface area contributed by atoms with Gasteiger partial charge in [0.1, 0.15) is 5.97 Å². The van der Waals surface area contributed by atoms with E-state index in [0.29, 0.717) is 0 Å². The highest BCUT2D eigenvalue weighted by Gasteiger charge is 2.28. The number of likely N-dealkylation sites (tertiary alicyclic amines) is 1. The first-order valence-corrected chi connectivity index (χ1v) is 5.98. The molecule has 0 aliphatic carbocycles. The van der Waals surface area contributed by atoms with Gasteiger partial charge in [0.25, 0.3) is 0 Å². The van der Waals surface area contributed by atoms with Crippen LogP contribution in [0, 0.1) is 0 Å². The van der Waals surface area contributed by atoms with Crippen LogP contribution in [0.15, 0.2) is 0 Å². The Morgan fingerprint density at radius 1 is 1.28 bits per heavy atom. The SMILES string of the molecule is COCCC[NH+]1CCCCC1.O=C([O-])C(F)(F)F. The highest BCUT2D eigenvalue weighted by molar-refractivity contribution is 5.70. The minimum Gasteiger partial charge on any atom is -0.542 e. The molecule has 108 valence electrons. The molecule has 1 heterocycles. The molecule has 1 N–H and O–H groups in total. The predicted octanol–water partition coefficient (Wildman–Crippen LogP) is -0.610. The van der Waals surface area contributed by atoms with Gasteiger partial charge >= 0.3 is 6.18 Å². The number of aliphatic carboxylic acids is 1. The number of carbonyl (C=O) groups is 1. The van der Waals surface area contributed by atoms with Crippen LogP contribution in [-0.2, 0) is 9.53 Å². The molecule has 0 aromatic carbocycles. The summed E-state index contributed by atoms with van der Waals surface area (Å²) in [6, 6.07) is 0. The number of carboxylic acid groups (broad SMARTS) is 1. The number of hydrogen-bond donors (Lipinski definition) is 1. The molecule has 0 aromatic rings. The van der Waals surface area contributed by atoms with Gasteiger partial charge in [-0.05, 0) is 19.3 Å². The van der Waals surface area contributed by atoms with Crippen molar-refractivity contribution in [3.8, 4) is 0 Å². The first-order chi connectivity index (χ1) is 8.38. The Morgan fingerprint density at radius 3 is 2.17 bits per heavy atom. The number of piperidine rings is 1. The van der Waals surface area contributed by atoms with E-state index in [2.05, 4.69) is 0 Å². The molecule has 1 fully saturated rings. The molecule has 1 saturated heterocycles. The molecule has 0 bridgehead atoms. The second-order valence-corrected chi connectivity index (χ2v) is 4.19. The van der Waals surface area contributed by atoms with Gasteiger partial charge in [0.2, 0.25) is 0 Å². The molecule has 0 spiro atoms. The number of quaternary nitrogens is 1. The summed E-state index contributed by atoms with van der Waals surface area (Å²) in [5.41, 5.74) is 0. The van der Waals surface area contributed by atoms with E-state index < -0.39 is 12.1 Å². The highest BCUT2D eigenvalue weighted by Crippen LogP contribution is 2.11. The Balaban J connectivity index is 0.000000360. The Labute approximate surface area is 105 Å². The number of alkyl halides is 3. The van der Waals surface area contributed by atoms with Crippen LogP contribution in [0.3, 0.4) is 0 Å². The zero-order valence-electron chi connectivity index (χ0n) is 10.5. The third kappa shape index (κ3) is 9.23. The number of methoxy groups -OCH3 is 1. The maximum absolute atomic E-state index is 10.5. The van der Waals surface area contributed by atoms with E-state index in [1.165, 1.54) is 45.3 Å². The summed E-state index contributed by atoms with van der Waals surface area (Å²) in [7, 11) is 1.78. The molecular weight excluding hydrogens is 251 g/mol. The number of nitrogens with one attached hydrogen (secondary N) is 1. The standard InChI is InChI=1S/C9H19NO.C2HF3O2/c1-11-9-5-8-10-6-3-2-4-7-10;3-2(4,5)1(6)7/h2-9H2,1H3;(H,6,7). The van der Waals surface area contributed by atoms with Crippen molar-refractivity contribution in [1.29, 1.82) is 0 Å². The van der Waals surface area contributed by atoms with Crippen molar-refractivity contribution < 1.29 is 32.7 Å². The van der Waals surface area contributed by atoms with Gasteiger partial charge in [-0.2, -0.15) is 13.2 Å². The van der Waals surface area contributed by atoms with E-state index >= 15 is 0 Å². The topological polar surface area (TPSA) is 53.8 Å². The molecule has 0 amide bonds. The van der Waals surface area contributed by atoms with Gasteiger partial charge < -0.3 is 19.5 Å². The molecule has 0 radical (unpaired) electrons. The fourth-order valence-corrected chi connectivity index (χ4v) is 1.77. The van der Waals surface area contributed by atoms with Gasteiger partial charge in [-0.3, -0.25) is 0 Å². The second-order valence-electron chi connectivity index (χ2n) is 4.19. The Hall–Kier alpha value is -0.820. The summed E-state index contributed by atoms with van der Waals surface area (Å²) in [6.07, 6.45) is 0.351. The fraction of sp³-hybridized carbons (Fsp3) is 0.909. The van der Waals surface area contributed by atoms with Crippen LogP contribution in [0.2, 0.25) is 0 Å². The monoisotopic (exact) mass is 271 g/mol. The summed E-state index contributed by atoms with van der Waals surface area (Å²) in [6.45, 7) is 5.03. The third-order valence-electron chi connectivity index (χ3n) is 2.67. The Bertz CT molecular complexity index is 228. The van der Waals surface area contributed by atoms with Gasteiger partial charge in [-0.1, -0.05) is 0 Å². The molecule has 0 unspecified atom stereocenters. The number of hydrogen-bond acceptors (Lipinski definition) is 3. The molecule has 0 atom stereocenters. The maximum Gasteiger partial charge on any atom is 0.430 e. The molecule has 1 rings (SSSR count). The van der Waals surface area contributed by atoms with Crippen molar-refractivity contribution in [3.63, 3.8) is 0 Å². The average molecular weight is 271 g/mol. The van der Waals surface area contributed by atoms with Gasteiger partial charge in [0.05, 0.1) is 26.2 Å².